The van der Waals surface area contributed by atoms with E-state index in [2.05, 4.69) is 6.58 Å². The van der Waals surface area contributed by atoms with E-state index in [1.54, 1.807) is 0 Å². The first-order valence-corrected chi connectivity index (χ1v) is 6.29. The second-order valence-electron chi connectivity index (χ2n) is 4.43. The van der Waals surface area contributed by atoms with E-state index in [0.717, 1.165) is 0 Å². The van der Waals surface area contributed by atoms with Crippen molar-refractivity contribution in [3.63, 3.8) is 0 Å². The van der Waals surface area contributed by atoms with E-state index < -0.39 is 6.23 Å². The van der Waals surface area contributed by atoms with Gasteiger partial charge in [0, 0.05) is 24.3 Å². The van der Waals surface area contributed by atoms with Crippen LogP contribution in [-0.4, -0.2) is 17.3 Å². The predicted octanol–water partition coefficient (Wildman–Crippen LogP) is 2.72. The maximum atomic E-state index is 10.5. The molecule has 1 unspecified atom stereocenters. The summed E-state index contributed by atoms with van der Waals surface area (Å²) < 4.78 is -0.287. The molecule has 2 aromatic carbocycles. The zero-order chi connectivity index (χ0) is 14.6. The van der Waals surface area contributed by atoms with Gasteiger partial charge in [-0.15, -0.1) is 0 Å². The molecule has 0 saturated carbocycles. The molecule has 102 valence electrons. The fourth-order valence-electron chi connectivity index (χ4n) is 2.36. The van der Waals surface area contributed by atoms with Crippen molar-refractivity contribution in [2.45, 2.75) is 6.23 Å². The van der Waals surface area contributed by atoms with Crippen molar-refractivity contribution in [3.05, 3.63) is 73.3 Å². The molecule has 20 heavy (non-hydrogen) atoms. The molecule has 0 radical (unpaired) electrons. The minimum absolute atomic E-state index is 0.171. The number of nitrogens with zero attached hydrogens (tertiary/aromatic N) is 1. The molecule has 0 aliphatic rings. The zero-order valence-electron chi connectivity index (χ0n) is 11.1. The Balaban J connectivity index is 2.77. The molecule has 0 aromatic heterocycles. The SMILES string of the molecule is C=CC(O)[N+](C(=N)N)(c1ccccc1)c1ccccc1. The Kier molecular flexibility index (Phi) is 3.98. The maximum Gasteiger partial charge on any atom is 0.305 e. The van der Waals surface area contributed by atoms with Gasteiger partial charge in [-0.05, 0) is 6.08 Å². The van der Waals surface area contributed by atoms with Crippen molar-refractivity contribution in [1.82, 2.24) is 4.48 Å². The third-order valence-corrected chi connectivity index (χ3v) is 3.31. The van der Waals surface area contributed by atoms with Crippen LogP contribution < -0.4 is 10.2 Å². The number of benzene rings is 2. The molecule has 0 spiro atoms. The Morgan fingerprint density at radius 3 is 1.75 bits per heavy atom. The first-order valence-electron chi connectivity index (χ1n) is 6.29. The van der Waals surface area contributed by atoms with Gasteiger partial charge in [-0.1, -0.05) is 43.0 Å². The molecule has 0 amide bonds. The largest absolute Gasteiger partial charge is 0.340 e. The van der Waals surface area contributed by atoms with E-state index in [-0.39, 0.29) is 10.4 Å². The number of quaternary nitrogens is 1. The second kappa shape index (κ2) is 5.69. The quantitative estimate of drug-likeness (QED) is 0.262. The minimum Gasteiger partial charge on any atom is -0.340 e. The summed E-state index contributed by atoms with van der Waals surface area (Å²) in [4.78, 5) is 0. The molecule has 1 atom stereocenters. The second-order valence-corrected chi connectivity index (χ2v) is 4.43. The molecule has 4 N–H and O–H groups in total. The van der Waals surface area contributed by atoms with E-state index in [1.807, 2.05) is 60.7 Å². The number of para-hydroxylation sites is 2. The lowest BCUT2D eigenvalue weighted by Crippen LogP contribution is -2.59. The van der Waals surface area contributed by atoms with Crippen LogP contribution in [0.2, 0.25) is 0 Å². The van der Waals surface area contributed by atoms with Crippen molar-refractivity contribution in [2.24, 2.45) is 5.73 Å². The van der Waals surface area contributed by atoms with E-state index in [9.17, 15) is 5.11 Å². The highest BCUT2D eigenvalue weighted by Crippen LogP contribution is 2.36. The summed E-state index contributed by atoms with van der Waals surface area (Å²) in [5.41, 5.74) is 7.27. The molecule has 4 heteroatoms. The van der Waals surface area contributed by atoms with Gasteiger partial charge in [0.05, 0.1) is 0 Å². The van der Waals surface area contributed by atoms with E-state index in [1.165, 1.54) is 6.08 Å². The summed E-state index contributed by atoms with van der Waals surface area (Å²) in [5.74, 6) is -0.171. The van der Waals surface area contributed by atoms with Crippen molar-refractivity contribution in [2.75, 3.05) is 0 Å². The van der Waals surface area contributed by atoms with Crippen LogP contribution in [0, 0.1) is 5.41 Å². The molecule has 0 bridgehead atoms. The van der Waals surface area contributed by atoms with Gasteiger partial charge in [0.15, 0.2) is 0 Å². The van der Waals surface area contributed by atoms with Gasteiger partial charge in [-0.3, -0.25) is 0 Å². The minimum atomic E-state index is -1.04. The lowest BCUT2D eigenvalue weighted by molar-refractivity contribution is 0.133. The number of guanidine groups is 1. The molecular formula is C16H18N3O+. The van der Waals surface area contributed by atoms with Crippen LogP contribution in [0.5, 0.6) is 0 Å². The summed E-state index contributed by atoms with van der Waals surface area (Å²) in [7, 11) is 0. The smallest absolute Gasteiger partial charge is 0.305 e. The highest BCUT2D eigenvalue weighted by atomic mass is 16.3. The summed E-state index contributed by atoms with van der Waals surface area (Å²) in [6.07, 6.45) is 0.346. The standard InChI is InChI=1S/C16H18N3O/c1-2-15(20)19(16(17)18,13-9-5-3-6-10-13)14-11-7-4-8-12-14/h2-12,15,20H,1H2,(H3,17,18)/q+1. The third-order valence-electron chi connectivity index (χ3n) is 3.31. The van der Waals surface area contributed by atoms with Gasteiger partial charge in [-0.2, -0.15) is 4.48 Å². The average Bonchev–Trinajstić information content (AvgIpc) is 2.49. The summed E-state index contributed by atoms with van der Waals surface area (Å²) in [5, 5.41) is 18.5. The number of aliphatic hydroxyl groups is 1. The molecule has 0 heterocycles. The Hall–Kier alpha value is -2.43. The fourth-order valence-corrected chi connectivity index (χ4v) is 2.36. The molecule has 2 aromatic rings. The van der Waals surface area contributed by atoms with Crippen LogP contribution in [0.1, 0.15) is 0 Å². The number of nitrogens with one attached hydrogen (secondary N) is 1. The van der Waals surface area contributed by atoms with Crippen molar-refractivity contribution in [1.29, 1.82) is 5.41 Å². The summed E-state index contributed by atoms with van der Waals surface area (Å²) >= 11 is 0. The number of hydrogen-bond donors (Lipinski definition) is 3. The lowest BCUT2D eigenvalue weighted by atomic mass is 10.1. The summed E-state index contributed by atoms with van der Waals surface area (Å²) in [6, 6.07) is 18.5. The Bertz CT molecular complexity index is 556. The molecule has 0 saturated heterocycles. The number of aliphatic hydroxyl groups excluding tert-OH is 1. The molecule has 0 aliphatic heterocycles. The van der Waals surface area contributed by atoms with Gasteiger partial charge in [0.2, 0.25) is 6.23 Å². The van der Waals surface area contributed by atoms with Crippen LogP contribution in [-0.2, 0) is 0 Å². The maximum absolute atomic E-state index is 10.5. The third kappa shape index (κ3) is 2.11. The van der Waals surface area contributed by atoms with Crippen LogP contribution >= 0.6 is 0 Å². The molecular weight excluding hydrogens is 250 g/mol. The van der Waals surface area contributed by atoms with E-state index in [4.69, 9.17) is 11.1 Å². The average molecular weight is 268 g/mol. The van der Waals surface area contributed by atoms with Gasteiger partial charge >= 0.3 is 5.96 Å². The van der Waals surface area contributed by atoms with E-state index >= 15 is 0 Å². The fraction of sp³-hybridized carbons (Fsp3) is 0.0625. The number of hydrogen-bond acceptors (Lipinski definition) is 2. The molecule has 2 rings (SSSR count). The van der Waals surface area contributed by atoms with Crippen molar-refractivity contribution >= 4 is 17.3 Å². The Labute approximate surface area is 118 Å². The predicted molar refractivity (Wildman–Crippen MR) is 82.5 cm³/mol. The molecule has 4 nitrogen and oxygen atoms in total. The zero-order valence-corrected chi connectivity index (χ0v) is 11.1. The normalized spacial score (nSPS) is 12.7. The van der Waals surface area contributed by atoms with Crippen LogP contribution in [0.4, 0.5) is 11.4 Å². The van der Waals surface area contributed by atoms with Gasteiger partial charge in [-0.25, -0.2) is 5.41 Å². The van der Waals surface area contributed by atoms with Gasteiger partial charge < -0.3 is 10.8 Å². The van der Waals surface area contributed by atoms with Crippen molar-refractivity contribution in [3.8, 4) is 0 Å². The van der Waals surface area contributed by atoms with Crippen LogP contribution in [0.25, 0.3) is 0 Å². The first-order chi connectivity index (χ1) is 9.64. The Morgan fingerprint density at radius 1 is 1.05 bits per heavy atom. The van der Waals surface area contributed by atoms with E-state index in [0.29, 0.717) is 11.4 Å². The summed E-state index contributed by atoms with van der Waals surface area (Å²) in [6.45, 7) is 3.64. The highest BCUT2D eigenvalue weighted by molar-refractivity contribution is 5.94. The first kappa shape index (κ1) is 14.0. The van der Waals surface area contributed by atoms with Gasteiger partial charge in [0.25, 0.3) is 0 Å². The highest BCUT2D eigenvalue weighted by Gasteiger charge is 2.43. The van der Waals surface area contributed by atoms with Gasteiger partial charge in [0.1, 0.15) is 11.4 Å². The number of rotatable bonds is 4. The molecule has 0 aliphatic carbocycles. The number of nitrogens with two attached hydrogens (primary N) is 1. The Morgan fingerprint density at radius 2 is 1.45 bits per heavy atom. The topological polar surface area (TPSA) is 70.1 Å². The molecule has 0 fully saturated rings. The van der Waals surface area contributed by atoms with Crippen LogP contribution in [0.3, 0.4) is 0 Å². The van der Waals surface area contributed by atoms with Crippen molar-refractivity contribution < 1.29 is 5.11 Å². The van der Waals surface area contributed by atoms with Crippen LogP contribution in [0.15, 0.2) is 73.3 Å². The monoisotopic (exact) mass is 268 g/mol. The lowest BCUT2D eigenvalue weighted by Gasteiger charge is -2.37.